The fourth-order valence-corrected chi connectivity index (χ4v) is 4.53. The number of nitrogens with one attached hydrogen (secondary N) is 1. The third-order valence-electron chi connectivity index (χ3n) is 2.96. The van der Waals surface area contributed by atoms with Gasteiger partial charge in [0, 0.05) is 10.9 Å². The van der Waals surface area contributed by atoms with Gasteiger partial charge in [0.05, 0.1) is 17.3 Å². The Morgan fingerprint density at radius 2 is 2.26 bits per heavy atom. The summed E-state index contributed by atoms with van der Waals surface area (Å²) in [7, 11) is -2.94. The monoisotopic (exact) mass is 299 g/mol. The second-order valence-corrected chi connectivity index (χ2v) is 8.05. The smallest absolute Gasteiger partial charge is 0.230 e. The first-order valence-corrected chi connectivity index (χ1v) is 8.94. The number of aryl methyl sites for hydroxylation is 1. The van der Waals surface area contributed by atoms with Gasteiger partial charge in [0.15, 0.2) is 9.84 Å². The van der Waals surface area contributed by atoms with Gasteiger partial charge in [-0.05, 0) is 25.5 Å². The third-order valence-corrected chi connectivity index (χ3v) is 5.72. The molecule has 1 heterocycles. The SMILES string of the molecule is Cc1cccc(SCC(=O)NC2CCS(=O)(=O)C2)c1. The second-order valence-electron chi connectivity index (χ2n) is 4.77. The molecule has 0 aromatic heterocycles. The molecule has 1 aliphatic rings. The Kier molecular flexibility index (Phi) is 4.52. The molecule has 104 valence electrons. The summed E-state index contributed by atoms with van der Waals surface area (Å²) in [5.74, 6) is 0.477. The van der Waals surface area contributed by atoms with Gasteiger partial charge in [-0.25, -0.2) is 8.42 Å². The van der Waals surface area contributed by atoms with Crippen LogP contribution < -0.4 is 5.32 Å². The van der Waals surface area contributed by atoms with Crippen LogP contribution in [-0.2, 0) is 14.6 Å². The molecular weight excluding hydrogens is 282 g/mol. The summed E-state index contributed by atoms with van der Waals surface area (Å²) in [5, 5.41) is 2.78. The molecule has 19 heavy (non-hydrogen) atoms. The number of carbonyl (C=O) groups is 1. The molecule has 0 saturated carbocycles. The van der Waals surface area contributed by atoms with Crippen LogP contribution in [0.5, 0.6) is 0 Å². The normalized spacial score (nSPS) is 21.2. The summed E-state index contributed by atoms with van der Waals surface area (Å²) in [5.41, 5.74) is 1.16. The van der Waals surface area contributed by atoms with Crippen LogP contribution in [0.3, 0.4) is 0 Å². The summed E-state index contributed by atoms with van der Waals surface area (Å²) in [6.07, 6.45) is 0.531. The number of rotatable bonds is 4. The summed E-state index contributed by atoms with van der Waals surface area (Å²) in [6.45, 7) is 2.01. The highest BCUT2D eigenvalue weighted by atomic mass is 32.2. The van der Waals surface area contributed by atoms with Gasteiger partial charge < -0.3 is 5.32 Å². The highest BCUT2D eigenvalue weighted by Gasteiger charge is 2.28. The molecule has 1 N–H and O–H groups in total. The zero-order valence-electron chi connectivity index (χ0n) is 10.8. The Morgan fingerprint density at radius 1 is 1.47 bits per heavy atom. The van der Waals surface area contributed by atoms with E-state index in [9.17, 15) is 13.2 Å². The van der Waals surface area contributed by atoms with Crippen LogP contribution in [0, 0.1) is 6.92 Å². The first-order valence-electron chi connectivity index (χ1n) is 6.14. The fraction of sp³-hybridized carbons (Fsp3) is 0.462. The van der Waals surface area contributed by atoms with Gasteiger partial charge in [-0.3, -0.25) is 4.79 Å². The Morgan fingerprint density at radius 3 is 2.89 bits per heavy atom. The van der Waals surface area contributed by atoms with Crippen molar-refractivity contribution in [1.29, 1.82) is 0 Å². The number of thioether (sulfide) groups is 1. The van der Waals surface area contributed by atoms with Gasteiger partial charge in [0.25, 0.3) is 0 Å². The minimum absolute atomic E-state index is 0.0772. The lowest BCUT2D eigenvalue weighted by atomic mass is 10.2. The van der Waals surface area contributed by atoms with Crippen molar-refractivity contribution in [2.24, 2.45) is 0 Å². The standard InChI is InChI=1S/C13H17NO3S2/c1-10-3-2-4-12(7-10)18-8-13(15)14-11-5-6-19(16,17)9-11/h2-4,7,11H,5-6,8-9H2,1H3,(H,14,15). The highest BCUT2D eigenvalue weighted by Crippen LogP contribution is 2.19. The predicted octanol–water partition coefficient (Wildman–Crippen LogP) is 1.39. The number of carbonyl (C=O) groups excluding carboxylic acids is 1. The summed E-state index contributed by atoms with van der Waals surface area (Å²) >= 11 is 1.46. The number of amides is 1. The van der Waals surface area contributed by atoms with Crippen molar-refractivity contribution >= 4 is 27.5 Å². The first kappa shape index (κ1) is 14.4. The van der Waals surface area contributed by atoms with E-state index in [2.05, 4.69) is 5.32 Å². The molecule has 0 aliphatic carbocycles. The van der Waals surface area contributed by atoms with E-state index in [0.717, 1.165) is 10.5 Å². The minimum Gasteiger partial charge on any atom is -0.352 e. The van der Waals surface area contributed by atoms with E-state index in [1.54, 1.807) is 0 Å². The lowest BCUT2D eigenvalue weighted by Gasteiger charge is -2.10. The third kappa shape index (κ3) is 4.54. The van der Waals surface area contributed by atoms with Crippen molar-refractivity contribution < 1.29 is 13.2 Å². The molecule has 6 heteroatoms. The van der Waals surface area contributed by atoms with Crippen LogP contribution >= 0.6 is 11.8 Å². The molecule has 1 aromatic carbocycles. The zero-order valence-corrected chi connectivity index (χ0v) is 12.4. The largest absolute Gasteiger partial charge is 0.352 e. The van der Waals surface area contributed by atoms with Gasteiger partial charge >= 0.3 is 0 Å². The molecule has 1 atom stereocenters. The number of hydrogen-bond acceptors (Lipinski definition) is 4. The molecular formula is C13H17NO3S2. The van der Waals surface area contributed by atoms with Crippen LogP contribution in [0.2, 0.25) is 0 Å². The van der Waals surface area contributed by atoms with Crippen molar-refractivity contribution in [1.82, 2.24) is 5.32 Å². The fourth-order valence-electron chi connectivity index (χ4n) is 2.03. The maximum Gasteiger partial charge on any atom is 0.230 e. The van der Waals surface area contributed by atoms with E-state index < -0.39 is 9.84 Å². The maximum atomic E-state index is 11.7. The van der Waals surface area contributed by atoms with Crippen molar-refractivity contribution in [3.8, 4) is 0 Å². The first-order chi connectivity index (χ1) is 8.94. The Bertz CT molecular complexity index is 569. The van der Waals surface area contributed by atoms with Crippen LogP contribution in [0.1, 0.15) is 12.0 Å². The molecule has 1 unspecified atom stereocenters. The van der Waals surface area contributed by atoms with Gasteiger partial charge in [0.1, 0.15) is 0 Å². The quantitative estimate of drug-likeness (QED) is 0.853. The summed E-state index contributed by atoms with van der Waals surface area (Å²) in [4.78, 5) is 12.8. The summed E-state index contributed by atoms with van der Waals surface area (Å²) < 4.78 is 22.6. The van der Waals surface area contributed by atoms with Gasteiger partial charge in [-0.2, -0.15) is 0 Å². The molecule has 0 spiro atoms. The molecule has 1 amide bonds. The topological polar surface area (TPSA) is 63.2 Å². The van der Waals surface area contributed by atoms with E-state index in [4.69, 9.17) is 0 Å². The van der Waals surface area contributed by atoms with Crippen LogP contribution in [-0.4, -0.2) is 37.6 Å². The average molecular weight is 299 g/mol. The van der Waals surface area contributed by atoms with E-state index in [1.165, 1.54) is 11.8 Å². The highest BCUT2D eigenvalue weighted by molar-refractivity contribution is 8.00. The van der Waals surface area contributed by atoms with Gasteiger partial charge in [-0.15, -0.1) is 11.8 Å². The van der Waals surface area contributed by atoms with E-state index in [0.29, 0.717) is 12.2 Å². The van der Waals surface area contributed by atoms with Crippen molar-refractivity contribution in [3.05, 3.63) is 29.8 Å². The van der Waals surface area contributed by atoms with Gasteiger partial charge in [-0.1, -0.05) is 17.7 Å². The number of benzene rings is 1. The molecule has 1 saturated heterocycles. The van der Waals surface area contributed by atoms with E-state index in [1.807, 2.05) is 31.2 Å². The van der Waals surface area contributed by atoms with Crippen molar-refractivity contribution in [2.75, 3.05) is 17.3 Å². The average Bonchev–Trinajstić information content (AvgIpc) is 2.66. The van der Waals surface area contributed by atoms with Crippen LogP contribution in [0.4, 0.5) is 0 Å². The lowest BCUT2D eigenvalue weighted by molar-refractivity contribution is -0.119. The number of hydrogen-bond donors (Lipinski definition) is 1. The minimum atomic E-state index is -2.94. The predicted molar refractivity (Wildman–Crippen MR) is 77.1 cm³/mol. The summed E-state index contributed by atoms with van der Waals surface area (Å²) in [6, 6.07) is 7.74. The molecule has 1 aliphatic heterocycles. The molecule has 0 radical (unpaired) electrons. The zero-order chi connectivity index (χ0) is 13.9. The van der Waals surface area contributed by atoms with Crippen molar-refractivity contribution in [2.45, 2.75) is 24.3 Å². The van der Waals surface area contributed by atoms with Crippen LogP contribution in [0.15, 0.2) is 29.2 Å². The molecule has 1 fully saturated rings. The second kappa shape index (κ2) is 5.96. The lowest BCUT2D eigenvalue weighted by Crippen LogP contribution is -2.36. The Balaban J connectivity index is 1.79. The van der Waals surface area contributed by atoms with E-state index in [-0.39, 0.29) is 23.5 Å². The molecule has 1 aromatic rings. The Hall–Kier alpha value is -1.01. The molecule has 4 nitrogen and oxygen atoms in total. The van der Waals surface area contributed by atoms with Crippen LogP contribution in [0.25, 0.3) is 0 Å². The maximum absolute atomic E-state index is 11.7. The number of sulfone groups is 1. The van der Waals surface area contributed by atoms with E-state index >= 15 is 0 Å². The molecule has 2 rings (SSSR count). The van der Waals surface area contributed by atoms with Crippen molar-refractivity contribution in [3.63, 3.8) is 0 Å². The molecule has 0 bridgehead atoms. The van der Waals surface area contributed by atoms with Gasteiger partial charge in [0.2, 0.25) is 5.91 Å². The Labute approximate surface area is 117 Å².